The molecule has 18 heavy (non-hydrogen) atoms. The molecule has 0 bridgehead atoms. The van der Waals surface area contributed by atoms with Crippen LogP contribution in [0.25, 0.3) is 0 Å². The molecule has 0 fully saturated rings. The third-order valence-electron chi connectivity index (χ3n) is 2.14. The summed E-state index contributed by atoms with van der Waals surface area (Å²) >= 11 is 0.981. The molecule has 0 atom stereocenters. The van der Waals surface area contributed by atoms with E-state index in [2.05, 4.69) is 20.4 Å². The van der Waals surface area contributed by atoms with Gasteiger partial charge in [-0.15, -0.1) is 10.2 Å². The summed E-state index contributed by atoms with van der Waals surface area (Å²) in [7, 11) is 0. The van der Waals surface area contributed by atoms with Crippen molar-refractivity contribution in [2.45, 2.75) is 23.7 Å². The number of H-pyrrole nitrogens is 1. The lowest BCUT2D eigenvalue weighted by Gasteiger charge is -2.03. The molecule has 2 heterocycles. The number of aromatic nitrogens is 5. The van der Waals surface area contributed by atoms with Crippen LogP contribution in [0.2, 0.25) is 0 Å². The molecule has 0 spiro atoms. The first-order valence-corrected chi connectivity index (χ1v) is 5.83. The fourth-order valence-electron chi connectivity index (χ4n) is 1.30. The van der Waals surface area contributed by atoms with Gasteiger partial charge in [0.05, 0.1) is 11.8 Å². The van der Waals surface area contributed by atoms with Gasteiger partial charge in [0, 0.05) is 6.54 Å². The van der Waals surface area contributed by atoms with Crippen molar-refractivity contribution in [2.24, 2.45) is 0 Å². The summed E-state index contributed by atoms with van der Waals surface area (Å²) in [5, 5.41) is 23.0. The molecular formula is C9H9N5O3S. The summed E-state index contributed by atoms with van der Waals surface area (Å²) in [6, 6.07) is 1.35. The molecule has 94 valence electrons. The van der Waals surface area contributed by atoms with Gasteiger partial charge in [-0.05, 0) is 24.8 Å². The van der Waals surface area contributed by atoms with E-state index in [0.717, 1.165) is 11.8 Å². The number of carbonyl (C=O) groups is 1. The molecule has 0 aliphatic rings. The molecule has 2 N–H and O–H groups in total. The molecule has 0 radical (unpaired) electrons. The van der Waals surface area contributed by atoms with Crippen LogP contribution in [-0.4, -0.2) is 36.0 Å². The smallest absolute Gasteiger partial charge is 0.343 e. The Morgan fingerprint density at radius 1 is 1.61 bits per heavy atom. The fourth-order valence-corrected chi connectivity index (χ4v) is 2.24. The zero-order valence-corrected chi connectivity index (χ0v) is 10.1. The highest BCUT2D eigenvalue weighted by Crippen LogP contribution is 2.25. The zero-order valence-electron chi connectivity index (χ0n) is 9.32. The highest BCUT2D eigenvalue weighted by Gasteiger charge is 2.16. The van der Waals surface area contributed by atoms with Crippen molar-refractivity contribution in [2.75, 3.05) is 0 Å². The van der Waals surface area contributed by atoms with Crippen LogP contribution < -0.4 is 5.69 Å². The van der Waals surface area contributed by atoms with Crippen LogP contribution in [0.4, 0.5) is 0 Å². The molecule has 2 aromatic heterocycles. The van der Waals surface area contributed by atoms with Crippen LogP contribution in [0.3, 0.4) is 0 Å². The third-order valence-corrected chi connectivity index (χ3v) is 3.13. The van der Waals surface area contributed by atoms with E-state index in [4.69, 9.17) is 5.11 Å². The molecule has 0 unspecified atom stereocenters. The van der Waals surface area contributed by atoms with Crippen LogP contribution in [0.5, 0.6) is 0 Å². The highest BCUT2D eigenvalue weighted by molar-refractivity contribution is 7.99. The summed E-state index contributed by atoms with van der Waals surface area (Å²) in [4.78, 5) is 22.4. The molecule has 2 rings (SSSR count). The molecule has 0 aliphatic carbocycles. The minimum atomic E-state index is -1.10. The average molecular weight is 267 g/mol. The Hall–Kier alpha value is -2.16. The van der Waals surface area contributed by atoms with Crippen LogP contribution in [-0.2, 0) is 6.54 Å². The second-order valence-corrected chi connectivity index (χ2v) is 4.17. The Bertz CT molecular complexity index is 635. The second kappa shape index (κ2) is 5.00. The number of nitrogens with zero attached hydrogens (tertiary/aromatic N) is 4. The van der Waals surface area contributed by atoms with Gasteiger partial charge in [-0.25, -0.2) is 14.7 Å². The Kier molecular flexibility index (Phi) is 3.42. The lowest BCUT2D eigenvalue weighted by molar-refractivity contribution is 0.0692. The number of carboxylic acid groups (broad SMARTS) is 1. The lowest BCUT2D eigenvalue weighted by atomic mass is 10.3. The normalized spacial score (nSPS) is 10.5. The van der Waals surface area contributed by atoms with E-state index in [1.165, 1.54) is 16.8 Å². The van der Waals surface area contributed by atoms with Crippen molar-refractivity contribution in [1.82, 2.24) is 25.0 Å². The summed E-state index contributed by atoms with van der Waals surface area (Å²) in [5.74, 6) is -1.10. The van der Waals surface area contributed by atoms with Gasteiger partial charge < -0.3 is 5.11 Å². The first-order chi connectivity index (χ1) is 8.63. The molecule has 2 aromatic rings. The molecule has 9 heteroatoms. The number of rotatable bonds is 4. The van der Waals surface area contributed by atoms with Crippen molar-refractivity contribution in [3.8, 4) is 0 Å². The predicted octanol–water partition coefficient (Wildman–Crippen LogP) is 0.231. The van der Waals surface area contributed by atoms with E-state index in [1.807, 2.05) is 0 Å². The van der Waals surface area contributed by atoms with E-state index >= 15 is 0 Å². The van der Waals surface area contributed by atoms with E-state index in [9.17, 15) is 9.59 Å². The largest absolute Gasteiger partial charge is 0.478 e. The van der Waals surface area contributed by atoms with Crippen LogP contribution >= 0.6 is 11.8 Å². The summed E-state index contributed by atoms with van der Waals surface area (Å²) in [6.45, 7) is 2.22. The first kappa shape index (κ1) is 12.3. The Labute approximate surface area is 105 Å². The average Bonchev–Trinajstić information content (AvgIpc) is 2.70. The lowest BCUT2D eigenvalue weighted by Crippen LogP contribution is -2.16. The molecule has 0 saturated carbocycles. The van der Waals surface area contributed by atoms with Crippen molar-refractivity contribution >= 4 is 17.7 Å². The van der Waals surface area contributed by atoms with Gasteiger partial charge >= 0.3 is 11.7 Å². The van der Waals surface area contributed by atoms with E-state index in [0.29, 0.717) is 11.7 Å². The maximum absolute atomic E-state index is 11.4. The summed E-state index contributed by atoms with van der Waals surface area (Å²) < 4.78 is 1.38. The zero-order chi connectivity index (χ0) is 13.1. The topological polar surface area (TPSA) is 114 Å². The van der Waals surface area contributed by atoms with Crippen molar-refractivity contribution in [3.05, 3.63) is 28.3 Å². The van der Waals surface area contributed by atoms with Gasteiger partial charge in [-0.2, -0.15) is 5.10 Å². The number of aromatic carboxylic acids is 1. The van der Waals surface area contributed by atoms with Crippen LogP contribution in [0, 0.1) is 0 Å². The third kappa shape index (κ3) is 2.25. The van der Waals surface area contributed by atoms with Crippen LogP contribution in [0.15, 0.2) is 27.2 Å². The molecule has 0 aromatic carbocycles. The quantitative estimate of drug-likeness (QED) is 0.815. The van der Waals surface area contributed by atoms with Crippen molar-refractivity contribution < 1.29 is 9.90 Å². The number of carboxylic acids is 1. The van der Waals surface area contributed by atoms with E-state index in [-0.39, 0.29) is 16.3 Å². The van der Waals surface area contributed by atoms with Crippen LogP contribution in [0.1, 0.15) is 17.3 Å². The maximum Gasteiger partial charge on any atom is 0.343 e. The van der Waals surface area contributed by atoms with Gasteiger partial charge in [0.2, 0.25) is 0 Å². The fraction of sp³-hybridized carbons (Fsp3) is 0.222. The highest BCUT2D eigenvalue weighted by atomic mass is 32.2. The molecular weight excluding hydrogens is 258 g/mol. The number of hydrogen-bond donors (Lipinski definition) is 2. The molecule has 0 aliphatic heterocycles. The minimum Gasteiger partial charge on any atom is -0.478 e. The molecule has 0 saturated heterocycles. The van der Waals surface area contributed by atoms with Crippen molar-refractivity contribution in [1.29, 1.82) is 0 Å². The van der Waals surface area contributed by atoms with Crippen molar-refractivity contribution in [3.63, 3.8) is 0 Å². The Morgan fingerprint density at radius 3 is 3.06 bits per heavy atom. The Morgan fingerprint density at radius 2 is 2.39 bits per heavy atom. The standard InChI is InChI=1S/C9H9N5O3S/c1-2-14-8(17)12-13-9(14)18-6-5(7(15)16)3-4-10-11-6/h3-4H,2H2,1H3,(H,12,17)(H,15,16). The van der Waals surface area contributed by atoms with E-state index < -0.39 is 5.97 Å². The van der Waals surface area contributed by atoms with Gasteiger partial charge in [-0.1, -0.05) is 0 Å². The minimum absolute atomic E-state index is 0.0214. The second-order valence-electron chi connectivity index (χ2n) is 3.21. The summed E-state index contributed by atoms with van der Waals surface area (Å²) in [6.07, 6.45) is 1.30. The first-order valence-electron chi connectivity index (χ1n) is 5.01. The van der Waals surface area contributed by atoms with Gasteiger partial charge in [0.15, 0.2) is 5.16 Å². The maximum atomic E-state index is 11.4. The Balaban J connectivity index is 2.40. The molecule has 8 nitrogen and oxygen atoms in total. The number of aromatic amines is 1. The number of hydrogen-bond acceptors (Lipinski definition) is 6. The molecule has 0 amide bonds. The monoisotopic (exact) mass is 267 g/mol. The van der Waals surface area contributed by atoms with Gasteiger partial charge in [0.25, 0.3) is 0 Å². The number of nitrogens with one attached hydrogen (secondary N) is 1. The summed E-state index contributed by atoms with van der Waals surface area (Å²) in [5.41, 5.74) is -0.325. The van der Waals surface area contributed by atoms with Gasteiger partial charge in [-0.3, -0.25) is 4.57 Å². The van der Waals surface area contributed by atoms with Gasteiger partial charge in [0.1, 0.15) is 5.03 Å². The van der Waals surface area contributed by atoms with E-state index in [1.54, 1.807) is 6.92 Å². The predicted molar refractivity (Wildman–Crippen MR) is 61.6 cm³/mol. The SMILES string of the molecule is CCn1c(Sc2nnccc2C(=O)O)n[nH]c1=O.